The van der Waals surface area contributed by atoms with Crippen molar-refractivity contribution in [3.63, 3.8) is 0 Å². The summed E-state index contributed by atoms with van der Waals surface area (Å²) in [5, 5.41) is 15.9. The van der Waals surface area contributed by atoms with E-state index in [1.165, 1.54) is 11.3 Å². The maximum atomic E-state index is 12.0. The van der Waals surface area contributed by atoms with E-state index in [0.29, 0.717) is 17.0 Å². The van der Waals surface area contributed by atoms with E-state index in [1.807, 2.05) is 11.4 Å². The molecule has 1 atom stereocenters. The van der Waals surface area contributed by atoms with Gasteiger partial charge in [-0.1, -0.05) is 18.2 Å². The van der Waals surface area contributed by atoms with E-state index in [0.717, 1.165) is 5.56 Å². The molecule has 0 aliphatic carbocycles. The highest BCUT2D eigenvalue weighted by molar-refractivity contribution is 7.12. The molecule has 2 rings (SSSR count). The lowest BCUT2D eigenvalue weighted by Gasteiger charge is -2.13. The topological polar surface area (TPSA) is 82.0 Å². The van der Waals surface area contributed by atoms with Gasteiger partial charge in [0.2, 0.25) is 5.91 Å². The summed E-state index contributed by atoms with van der Waals surface area (Å²) in [7, 11) is 0. The van der Waals surface area contributed by atoms with Crippen molar-refractivity contribution in [1.29, 1.82) is 5.26 Å². The van der Waals surface area contributed by atoms with Crippen LogP contribution in [0.5, 0.6) is 0 Å². The van der Waals surface area contributed by atoms with Crippen LogP contribution in [0.25, 0.3) is 0 Å². The summed E-state index contributed by atoms with van der Waals surface area (Å²) in [6, 6.07) is 11.9. The fourth-order valence-electron chi connectivity index (χ4n) is 1.78. The van der Waals surface area contributed by atoms with Crippen molar-refractivity contribution in [1.82, 2.24) is 10.6 Å². The lowest BCUT2D eigenvalue weighted by Crippen LogP contribution is -2.44. The zero-order chi connectivity index (χ0) is 15.9. The van der Waals surface area contributed by atoms with Gasteiger partial charge in [0.1, 0.15) is 6.04 Å². The van der Waals surface area contributed by atoms with Gasteiger partial charge < -0.3 is 10.6 Å². The van der Waals surface area contributed by atoms with Crippen LogP contribution in [-0.2, 0) is 11.3 Å². The molecule has 2 N–H and O–H groups in total. The van der Waals surface area contributed by atoms with Crippen LogP contribution >= 0.6 is 11.3 Å². The Morgan fingerprint density at radius 3 is 2.59 bits per heavy atom. The van der Waals surface area contributed by atoms with Crippen LogP contribution in [0.1, 0.15) is 27.7 Å². The van der Waals surface area contributed by atoms with Gasteiger partial charge in [-0.15, -0.1) is 11.3 Å². The number of rotatable bonds is 5. The summed E-state index contributed by atoms with van der Waals surface area (Å²) in [4.78, 5) is 24.4. The first-order valence-corrected chi connectivity index (χ1v) is 7.59. The predicted molar refractivity (Wildman–Crippen MR) is 84.3 cm³/mol. The molecule has 2 aromatic rings. The molecule has 0 saturated carbocycles. The number of carbonyl (C=O) groups excluding carboxylic acids is 2. The van der Waals surface area contributed by atoms with Gasteiger partial charge in [-0.25, -0.2) is 0 Å². The Labute approximate surface area is 132 Å². The van der Waals surface area contributed by atoms with Crippen LogP contribution in [0.15, 0.2) is 41.8 Å². The minimum absolute atomic E-state index is 0.254. The van der Waals surface area contributed by atoms with E-state index in [1.54, 1.807) is 43.3 Å². The zero-order valence-corrected chi connectivity index (χ0v) is 12.8. The van der Waals surface area contributed by atoms with E-state index < -0.39 is 6.04 Å². The molecule has 0 spiro atoms. The van der Waals surface area contributed by atoms with Gasteiger partial charge in [0, 0.05) is 6.54 Å². The summed E-state index contributed by atoms with van der Waals surface area (Å²) in [6.07, 6.45) is 0. The number of nitrogens with one attached hydrogen (secondary N) is 2. The molecule has 5 nitrogen and oxygen atoms in total. The first kappa shape index (κ1) is 15.7. The number of thiophene rings is 1. The minimum Gasteiger partial charge on any atom is -0.350 e. The van der Waals surface area contributed by atoms with Gasteiger partial charge in [0.25, 0.3) is 5.91 Å². The Kier molecular flexibility index (Phi) is 5.28. The number of nitrogens with zero attached hydrogens (tertiary/aromatic N) is 1. The number of nitriles is 1. The summed E-state index contributed by atoms with van der Waals surface area (Å²) in [6.45, 7) is 1.99. The maximum Gasteiger partial charge on any atom is 0.261 e. The van der Waals surface area contributed by atoms with Crippen LogP contribution in [0.4, 0.5) is 0 Å². The van der Waals surface area contributed by atoms with Crippen molar-refractivity contribution in [3.05, 3.63) is 57.8 Å². The third-order valence-corrected chi connectivity index (χ3v) is 3.90. The molecule has 22 heavy (non-hydrogen) atoms. The summed E-state index contributed by atoms with van der Waals surface area (Å²) in [5.41, 5.74) is 1.47. The second-order valence-corrected chi connectivity index (χ2v) is 5.65. The van der Waals surface area contributed by atoms with Gasteiger partial charge in [0.15, 0.2) is 0 Å². The molecule has 2 amide bonds. The number of benzene rings is 1. The summed E-state index contributed by atoms with van der Waals surface area (Å²) >= 11 is 1.33. The van der Waals surface area contributed by atoms with Crippen LogP contribution in [0.2, 0.25) is 0 Å². The first-order chi connectivity index (χ1) is 10.6. The second kappa shape index (κ2) is 7.38. The van der Waals surface area contributed by atoms with Crippen molar-refractivity contribution in [2.75, 3.05) is 0 Å². The highest BCUT2D eigenvalue weighted by Gasteiger charge is 2.16. The molecule has 0 saturated heterocycles. The summed E-state index contributed by atoms with van der Waals surface area (Å²) in [5.74, 6) is -0.509. The smallest absolute Gasteiger partial charge is 0.261 e. The van der Waals surface area contributed by atoms with Gasteiger partial charge >= 0.3 is 0 Å². The Bertz CT molecular complexity index is 687. The fourth-order valence-corrected chi connectivity index (χ4v) is 2.41. The molecule has 112 valence electrons. The van der Waals surface area contributed by atoms with E-state index in [4.69, 9.17) is 5.26 Å². The van der Waals surface area contributed by atoms with Crippen molar-refractivity contribution in [2.24, 2.45) is 0 Å². The highest BCUT2D eigenvalue weighted by Crippen LogP contribution is 2.08. The van der Waals surface area contributed by atoms with Crippen molar-refractivity contribution in [3.8, 4) is 6.07 Å². The molecular formula is C16H15N3O2S. The van der Waals surface area contributed by atoms with E-state index in [9.17, 15) is 9.59 Å². The lowest BCUT2D eigenvalue weighted by atomic mass is 10.1. The van der Waals surface area contributed by atoms with Crippen LogP contribution < -0.4 is 10.6 Å². The average Bonchev–Trinajstić information content (AvgIpc) is 3.07. The van der Waals surface area contributed by atoms with E-state index in [-0.39, 0.29) is 11.8 Å². The Hall–Kier alpha value is -2.65. The Balaban J connectivity index is 1.83. The van der Waals surface area contributed by atoms with Gasteiger partial charge in [-0.3, -0.25) is 9.59 Å². The first-order valence-electron chi connectivity index (χ1n) is 6.71. The SMILES string of the molecule is CC(NC(=O)c1cccs1)C(=O)NCc1ccc(C#N)cc1. The predicted octanol–water partition coefficient (Wildman–Crippen LogP) is 2.05. The van der Waals surface area contributed by atoms with E-state index in [2.05, 4.69) is 10.6 Å². The zero-order valence-electron chi connectivity index (χ0n) is 12.0. The van der Waals surface area contributed by atoms with Crippen molar-refractivity contribution >= 4 is 23.2 Å². The van der Waals surface area contributed by atoms with Crippen molar-refractivity contribution < 1.29 is 9.59 Å². The number of hydrogen-bond donors (Lipinski definition) is 2. The molecule has 0 radical (unpaired) electrons. The van der Waals surface area contributed by atoms with Gasteiger partial charge in [0.05, 0.1) is 16.5 Å². The molecule has 0 aliphatic rings. The average molecular weight is 313 g/mol. The van der Waals surface area contributed by atoms with Crippen LogP contribution in [0, 0.1) is 11.3 Å². The second-order valence-electron chi connectivity index (χ2n) is 4.70. The number of hydrogen-bond acceptors (Lipinski definition) is 4. The number of amides is 2. The highest BCUT2D eigenvalue weighted by atomic mass is 32.1. The Morgan fingerprint density at radius 1 is 1.27 bits per heavy atom. The molecule has 1 unspecified atom stereocenters. The molecule has 0 fully saturated rings. The standard InChI is InChI=1S/C16H15N3O2S/c1-11(19-16(21)14-3-2-8-22-14)15(20)18-10-13-6-4-12(9-17)5-7-13/h2-8,11H,10H2,1H3,(H,18,20)(H,19,21). The molecule has 6 heteroatoms. The largest absolute Gasteiger partial charge is 0.350 e. The van der Waals surface area contributed by atoms with Gasteiger partial charge in [-0.05, 0) is 36.1 Å². The fraction of sp³-hybridized carbons (Fsp3) is 0.188. The molecule has 1 heterocycles. The minimum atomic E-state index is -0.618. The third-order valence-electron chi connectivity index (χ3n) is 3.04. The van der Waals surface area contributed by atoms with Crippen molar-refractivity contribution in [2.45, 2.75) is 19.5 Å². The van der Waals surface area contributed by atoms with E-state index >= 15 is 0 Å². The Morgan fingerprint density at radius 2 is 2.00 bits per heavy atom. The quantitative estimate of drug-likeness (QED) is 0.886. The maximum absolute atomic E-state index is 12.0. The molecule has 1 aromatic heterocycles. The number of carbonyl (C=O) groups is 2. The molecule has 0 bridgehead atoms. The molecule has 1 aromatic carbocycles. The monoisotopic (exact) mass is 313 g/mol. The molecular weight excluding hydrogens is 298 g/mol. The van der Waals surface area contributed by atoms with Crippen LogP contribution in [-0.4, -0.2) is 17.9 Å². The molecule has 0 aliphatic heterocycles. The third kappa shape index (κ3) is 4.17. The summed E-state index contributed by atoms with van der Waals surface area (Å²) < 4.78 is 0. The normalized spacial score (nSPS) is 11.3. The lowest BCUT2D eigenvalue weighted by molar-refractivity contribution is -0.122. The van der Waals surface area contributed by atoms with Gasteiger partial charge in [-0.2, -0.15) is 5.26 Å². The van der Waals surface area contributed by atoms with Crippen LogP contribution in [0.3, 0.4) is 0 Å².